The first-order valence-electron chi connectivity index (χ1n) is 6.32. The number of carbonyl (C=O) groups excluding carboxylic acids is 1. The van der Waals surface area contributed by atoms with E-state index in [0.29, 0.717) is 11.3 Å². The van der Waals surface area contributed by atoms with E-state index in [9.17, 15) is 10.1 Å². The molecule has 2 aromatic rings. The number of amides is 1. The van der Waals surface area contributed by atoms with Gasteiger partial charge in [0.2, 0.25) is 0 Å². The molecule has 0 atom stereocenters. The van der Waals surface area contributed by atoms with Gasteiger partial charge in [0.25, 0.3) is 0 Å². The molecule has 0 aliphatic carbocycles. The summed E-state index contributed by atoms with van der Waals surface area (Å²) in [5.74, 6) is 0. The molecule has 0 saturated heterocycles. The van der Waals surface area contributed by atoms with E-state index in [1.165, 1.54) is 0 Å². The number of nitrogens with one attached hydrogen (secondary N) is 1. The Morgan fingerprint density at radius 1 is 1.20 bits per heavy atom. The van der Waals surface area contributed by atoms with Crippen molar-refractivity contribution in [2.75, 3.05) is 5.32 Å². The minimum atomic E-state index is -0.576. The van der Waals surface area contributed by atoms with Crippen LogP contribution in [0.5, 0.6) is 0 Å². The van der Waals surface area contributed by atoms with Gasteiger partial charge >= 0.3 is 6.09 Å². The van der Waals surface area contributed by atoms with Crippen LogP contribution >= 0.6 is 0 Å². The molecule has 0 unspecified atom stereocenters. The van der Waals surface area contributed by atoms with Gasteiger partial charge in [-0.15, -0.1) is 0 Å². The predicted molar refractivity (Wildman–Crippen MR) is 78.5 cm³/mol. The molecule has 1 amide bonds. The Morgan fingerprint density at radius 2 is 1.80 bits per heavy atom. The van der Waals surface area contributed by atoms with Gasteiger partial charge in [0.05, 0.1) is 11.3 Å². The van der Waals surface area contributed by atoms with E-state index >= 15 is 0 Å². The molecular formula is C16H16N2O2. The number of carbonyl (C=O) groups is 1. The summed E-state index contributed by atoms with van der Waals surface area (Å²) in [5, 5.41) is 13.7. The van der Waals surface area contributed by atoms with Crippen molar-refractivity contribution in [2.24, 2.45) is 0 Å². The maximum absolute atomic E-state index is 11.8. The number of hydrogen-bond donors (Lipinski definition) is 1. The summed E-state index contributed by atoms with van der Waals surface area (Å²) in [6.07, 6.45) is -0.565. The lowest BCUT2D eigenvalue weighted by Crippen LogP contribution is -2.27. The first-order valence-corrected chi connectivity index (χ1v) is 6.32. The highest BCUT2D eigenvalue weighted by atomic mass is 16.6. The third kappa shape index (κ3) is 3.27. The normalized spacial score (nSPS) is 10.9. The highest BCUT2D eigenvalue weighted by Gasteiger charge is 2.17. The zero-order valence-corrected chi connectivity index (χ0v) is 11.7. The van der Waals surface area contributed by atoms with Crippen molar-refractivity contribution >= 4 is 22.6 Å². The number of nitrogens with zero attached hydrogens (tertiary/aromatic N) is 1. The molecule has 4 nitrogen and oxygen atoms in total. The van der Waals surface area contributed by atoms with Crippen LogP contribution < -0.4 is 5.32 Å². The number of anilines is 1. The van der Waals surface area contributed by atoms with Crippen LogP contribution in [0.3, 0.4) is 0 Å². The van der Waals surface area contributed by atoms with Gasteiger partial charge in [-0.2, -0.15) is 5.26 Å². The van der Waals surface area contributed by atoms with Gasteiger partial charge in [-0.3, -0.25) is 5.32 Å². The number of hydrogen-bond acceptors (Lipinski definition) is 3. The van der Waals surface area contributed by atoms with E-state index in [1.807, 2.05) is 24.3 Å². The summed E-state index contributed by atoms with van der Waals surface area (Å²) < 4.78 is 5.19. The van der Waals surface area contributed by atoms with Crippen LogP contribution in [0.25, 0.3) is 10.8 Å². The highest BCUT2D eigenvalue weighted by Crippen LogP contribution is 2.24. The monoisotopic (exact) mass is 268 g/mol. The first kappa shape index (κ1) is 13.9. The van der Waals surface area contributed by atoms with Gasteiger partial charge in [0, 0.05) is 0 Å². The molecule has 0 aliphatic heterocycles. The van der Waals surface area contributed by atoms with E-state index in [-0.39, 0.29) is 0 Å². The maximum Gasteiger partial charge on any atom is 0.412 e. The Balaban J connectivity index is 2.34. The lowest BCUT2D eigenvalue weighted by molar-refractivity contribution is 0.0636. The van der Waals surface area contributed by atoms with Crippen molar-refractivity contribution < 1.29 is 9.53 Å². The standard InChI is InChI=1S/C16H16N2O2/c1-16(2,3)20-15(19)18-14-9-12-7-5-4-6-11(12)8-13(14)10-17/h4-9H,1-3H3,(H,18,19). The van der Waals surface area contributed by atoms with Crippen molar-refractivity contribution in [3.63, 3.8) is 0 Å². The van der Waals surface area contributed by atoms with Gasteiger partial charge < -0.3 is 4.74 Å². The molecule has 102 valence electrons. The van der Waals surface area contributed by atoms with Crippen molar-refractivity contribution in [1.82, 2.24) is 0 Å². The van der Waals surface area contributed by atoms with Gasteiger partial charge in [-0.05, 0) is 43.7 Å². The minimum absolute atomic E-state index is 0.412. The minimum Gasteiger partial charge on any atom is -0.444 e. The largest absolute Gasteiger partial charge is 0.444 e. The summed E-state index contributed by atoms with van der Waals surface area (Å²) in [4.78, 5) is 11.8. The molecule has 2 aromatic carbocycles. The lowest BCUT2D eigenvalue weighted by atomic mass is 10.1. The van der Waals surface area contributed by atoms with Crippen LogP contribution in [0.15, 0.2) is 36.4 Å². The molecule has 1 N–H and O–H groups in total. The Kier molecular flexibility index (Phi) is 3.62. The zero-order valence-electron chi connectivity index (χ0n) is 11.7. The molecule has 0 bridgehead atoms. The molecule has 0 aliphatic rings. The molecule has 0 heterocycles. The fourth-order valence-corrected chi connectivity index (χ4v) is 1.85. The predicted octanol–water partition coefficient (Wildman–Crippen LogP) is 4.06. The van der Waals surface area contributed by atoms with E-state index < -0.39 is 11.7 Å². The highest BCUT2D eigenvalue weighted by molar-refractivity contribution is 5.94. The molecule has 2 rings (SSSR count). The lowest BCUT2D eigenvalue weighted by Gasteiger charge is -2.20. The Bertz CT molecular complexity index is 694. The van der Waals surface area contributed by atoms with Crippen molar-refractivity contribution in [3.05, 3.63) is 42.0 Å². The van der Waals surface area contributed by atoms with Crippen LogP contribution in [0.4, 0.5) is 10.5 Å². The number of nitriles is 1. The molecule has 4 heteroatoms. The van der Waals surface area contributed by atoms with Crippen LogP contribution in [0, 0.1) is 11.3 Å². The molecule has 0 radical (unpaired) electrons. The number of ether oxygens (including phenoxy) is 1. The van der Waals surface area contributed by atoms with Crippen molar-refractivity contribution in [2.45, 2.75) is 26.4 Å². The zero-order chi connectivity index (χ0) is 14.8. The Morgan fingerprint density at radius 3 is 2.35 bits per heavy atom. The molecule has 0 spiro atoms. The summed E-state index contributed by atoms with van der Waals surface area (Å²) in [6.45, 7) is 5.37. The van der Waals surface area contributed by atoms with Gasteiger partial charge in [-0.25, -0.2) is 4.79 Å². The SMILES string of the molecule is CC(C)(C)OC(=O)Nc1cc2ccccc2cc1C#N. The van der Waals surface area contributed by atoms with E-state index in [2.05, 4.69) is 11.4 Å². The van der Waals surface area contributed by atoms with Crippen molar-refractivity contribution in [1.29, 1.82) is 5.26 Å². The number of benzene rings is 2. The van der Waals surface area contributed by atoms with Gasteiger partial charge in [-0.1, -0.05) is 24.3 Å². The molecular weight excluding hydrogens is 252 g/mol. The second-order valence-electron chi connectivity index (χ2n) is 5.48. The van der Waals surface area contributed by atoms with Gasteiger partial charge in [0.1, 0.15) is 11.7 Å². The Labute approximate surface area is 118 Å². The van der Waals surface area contributed by atoms with Crippen LogP contribution in [0.2, 0.25) is 0 Å². The Hall–Kier alpha value is -2.54. The van der Waals surface area contributed by atoms with E-state index in [0.717, 1.165) is 10.8 Å². The third-order valence-electron chi connectivity index (χ3n) is 2.64. The molecule has 0 saturated carbocycles. The average Bonchev–Trinajstić information content (AvgIpc) is 2.35. The van der Waals surface area contributed by atoms with Gasteiger partial charge in [0.15, 0.2) is 0 Å². The van der Waals surface area contributed by atoms with E-state index in [4.69, 9.17) is 4.74 Å². The topological polar surface area (TPSA) is 62.1 Å². The summed E-state index contributed by atoms with van der Waals surface area (Å²) in [5.41, 5.74) is 0.295. The fourth-order valence-electron chi connectivity index (χ4n) is 1.85. The number of fused-ring (bicyclic) bond motifs is 1. The summed E-state index contributed by atoms with van der Waals surface area (Å²) in [7, 11) is 0. The summed E-state index contributed by atoms with van der Waals surface area (Å²) in [6, 6.07) is 13.3. The van der Waals surface area contributed by atoms with Crippen LogP contribution in [-0.2, 0) is 4.74 Å². The third-order valence-corrected chi connectivity index (χ3v) is 2.64. The first-order chi connectivity index (χ1) is 9.39. The average molecular weight is 268 g/mol. The maximum atomic E-state index is 11.8. The molecule has 0 fully saturated rings. The van der Waals surface area contributed by atoms with Crippen molar-refractivity contribution in [3.8, 4) is 6.07 Å². The molecule has 0 aromatic heterocycles. The second kappa shape index (κ2) is 5.22. The van der Waals surface area contributed by atoms with Crippen LogP contribution in [-0.4, -0.2) is 11.7 Å². The summed E-state index contributed by atoms with van der Waals surface area (Å²) >= 11 is 0. The fraction of sp³-hybridized carbons (Fsp3) is 0.250. The molecule has 20 heavy (non-hydrogen) atoms. The quantitative estimate of drug-likeness (QED) is 0.848. The smallest absolute Gasteiger partial charge is 0.412 e. The number of rotatable bonds is 1. The van der Waals surface area contributed by atoms with Crippen LogP contribution in [0.1, 0.15) is 26.3 Å². The second-order valence-corrected chi connectivity index (χ2v) is 5.48. The van der Waals surface area contributed by atoms with E-state index in [1.54, 1.807) is 32.9 Å².